The molecule has 2 aromatic rings. The molecule has 7 heteroatoms. The summed E-state index contributed by atoms with van der Waals surface area (Å²) in [7, 11) is 1.73. The Morgan fingerprint density at radius 1 is 1.47 bits per heavy atom. The summed E-state index contributed by atoms with van der Waals surface area (Å²) >= 11 is 1.58. The minimum Gasteiger partial charge on any atom is -0.333 e. The molecule has 0 bridgehead atoms. The zero-order chi connectivity index (χ0) is 13.8. The monoisotopic (exact) mass is 279 g/mol. The van der Waals surface area contributed by atoms with Crippen molar-refractivity contribution in [2.75, 3.05) is 7.05 Å². The molecule has 0 saturated carbocycles. The molecule has 1 N–H and O–H groups in total. The van der Waals surface area contributed by atoms with Gasteiger partial charge in [0.2, 0.25) is 5.82 Å². The van der Waals surface area contributed by atoms with Gasteiger partial charge in [0.1, 0.15) is 5.82 Å². The fourth-order valence-corrected chi connectivity index (χ4v) is 2.31. The number of carbonyl (C=O) groups is 1. The van der Waals surface area contributed by atoms with Crippen molar-refractivity contribution in [1.29, 1.82) is 0 Å². The van der Waals surface area contributed by atoms with Crippen LogP contribution in [0.5, 0.6) is 0 Å². The third-order valence-corrected chi connectivity index (χ3v) is 3.44. The molecular weight excluding hydrogens is 262 g/mol. The van der Waals surface area contributed by atoms with E-state index in [1.54, 1.807) is 23.3 Å². The smallest absolute Gasteiger partial charge is 0.293 e. The minimum atomic E-state index is -0.191. The number of thiazole rings is 1. The van der Waals surface area contributed by atoms with Gasteiger partial charge in [-0.05, 0) is 13.3 Å². The third-order valence-electron chi connectivity index (χ3n) is 2.62. The molecule has 0 aliphatic heterocycles. The number of H-pyrrole nitrogens is 1. The van der Waals surface area contributed by atoms with Crippen molar-refractivity contribution >= 4 is 17.2 Å². The van der Waals surface area contributed by atoms with E-state index in [1.165, 1.54) is 0 Å². The number of aromatic nitrogens is 4. The number of amides is 1. The highest BCUT2D eigenvalue weighted by atomic mass is 32.1. The number of rotatable bonds is 5. The van der Waals surface area contributed by atoms with Crippen molar-refractivity contribution < 1.29 is 4.79 Å². The van der Waals surface area contributed by atoms with Gasteiger partial charge >= 0.3 is 0 Å². The van der Waals surface area contributed by atoms with E-state index < -0.39 is 0 Å². The Hall–Kier alpha value is -1.76. The lowest BCUT2D eigenvalue weighted by molar-refractivity contribution is 0.0772. The van der Waals surface area contributed by atoms with Crippen LogP contribution in [0.3, 0.4) is 0 Å². The van der Waals surface area contributed by atoms with Crippen molar-refractivity contribution in [3.05, 3.63) is 27.7 Å². The van der Waals surface area contributed by atoms with E-state index in [-0.39, 0.29) is 11.7 Å². The average molecular weight is 279 g/mol. The van der Waals surface area contributed by atoms with Crippen LogP contribution in [0.4, 0.5) is 0 Å². The molecule has 0 atom stereocenters. The fraction of sp³-hybridized carbons (Fsp3) is 0.500. The Labute approximate surface area is 115 Å². The van der Waals surface area contributed by atoms with Crippen LogP contribution in [0.2, 0.25) is 0 Å². The maximum Gasteiger partial charge on any atom is 0.293 e. The SMILES string of the molecule is CCCc1nc(C(=O)N(C)Cc2csc(C)n2)n[nH]1. The molecule has 1 amide bonds. The van der Waals surface area contributed by atoms with E-state index in [2.05, 4.69) is 27.1 Å². The molecule has 0 radical (unpaired) electrons. The second-order valence-electron chi connectivity index (χ2n) is 4.37. The van der Waals surface area contributed by atoms with Crippen LogP contribution in [0.1, 0.15) is 40.5 Å². The van der Waals surface area contributed by atoms with E-state index in [9.17, 15) is 4.79 Å². The standard InChI is InChI=1S/C12H17N5OS/c1-4-5-10-14-11(16-15-10)12(18)17(3)6-9-7-19-8(2)13-9/h7H,4-6H2,1-3H3,(H,14,15,16). The summed E-state index contributed by atoms with van der Waals surface area (Å²) in [4.78, 5) is 22.2. The molecule has 2 rings (SSSR count). The normalized spacial score (nSPS) is 10.7. The van der Waals surface area contributed by atoms with Crippen LogP contribution in [0.25, 0.3) is 0 Å². The van der Waals surface area contributed by atoms with Crippen LogP contribution in [-0.2, 0) is 13.0 Å². The summed E-state index contributed by atoms with van der Waals surface area (Å²) in [5, 5.41) is 9.70. The molecule has 0 aliphatic rings. The van der Waals surface area contributed by atoms with E-state index in [4.69, 9.17) is 0 Å². The lowest BCUT2D eigenvalue weighted by atomic mass is 10.3. The van der Waals surface area contributed by atoms with Gasteiger partial charge in [0.05, 0.1) is 17.2 Å². The van der Waals surface area contributed by atoms with Gasteiger partial charge in [0.25, 0.3) is 5.91 Å². The zero-order valence-corrected chi connectivity index (χ0v) is 12.1. The molecule has 0 unspecified atom stereocenters. The first-order chi connectivity index (χ1) is 9.10. The maximum atomic E-state index is 12.1. The van der Waals surface area contributed by atoms with Crippen molar-refractivity contribution in [2.24, 2.45) is 0 Å². The maximum absolute atomic E-state index is 12.1. The Bertz CT molecular complexity index is 562. The molecule has 2 heterocycles. The van der Waals surface area contributed by atoms with E-state index in [0.29, 0.717) is 6.54 Å². The first kappa shape index (κ1) is 13.7. The summed E-state index contributed by atoms with van der Waals surface area (Å²) in [6.45, 7) is 4.48. The minimum absolute atomic E-state index is 0.191. The van der Waals surface area contributed by atoms with Crippen LogP contribution in [0.15, 0.2) is 5.38 Å². The second-order valence-corrected chi connectivity index (χ2v) is 5.44. The number of aromatic amines is 1. The molecule has 19 heavy (non-hydrogen) atoms. The van der Waals surface area contributed by atoms with Gasteiger partial charge in [-0.15, -0.1) is 16.4 Å². The van der Waals surface area contributed by atoms with Crippen molar-refractivity contribution in [2.45, 2.75) is 33.2 Å². The highest BCUT2D eigenvalue weighted by molar-refractivity contribution is 7.09. The van der Waals surface area contributed by atoms with Gasteiger partial charge < -0.3 is 4.90 Å². The number of hydrogen-bond acceptors (Lipinski definition) is 5. The summed E-state index contributed by atoms with van der Waals surface area (Å²) in [5.41, 5.74) is 0.891. The lowest BCUT2D eigenvalue weighted by Gasteiger charge is -2.13. The molecule has 0 aliphatic carbocycles. The summed E-state index contributed by atoms with van der Waals surface area (Å²) < 4.78 is 0. The molecule has 6 nitrogen and oxygen atoms in total. The van der Waals surface area contributed by atoms with Crippen LogP contribution < -0.4 is 0 Å². The Morgan fingerprint density at radius 3 is 2.89 bits per heavy atom. The van der Waals surface area contributed by atoms with E-state index in [1.807, 2.05) is 12.3 Å². The molecular formula is C12H17N5OS. The van der Waals surface area contributed by atoms with Crippen LogP contribution in [-0.4, -0.2) is 38.0 Å². The second kappa shape index (κ2) is 5.92. The number of nitrogens with one attached hydrogen (secondary N) is 1. The quantitative estimate of drug-likeness (QED) is 0.905. The molecule has 0 saturated heterocycles. The van der Waals surface area contributed by atoms with Crippen molar-refractivity contribution in [1.82, 2.24) is 25.1 Å². The number of hydrogen-bond donors (Lipinski definition) is 1. The topological polar surface area (TPSA) is 74.8 Å². The van der Waals surface area contributed by atoms with Crippen LogP contribution in [0, 0.1) is 6.92 Å². The highest BCUT2D eigenvalue weighted by Crippen LogP contribution is 2.10. The predicted molar refractivity (Wildman–Crippen MR) is 73.0 cm³/mol. The summed E-state index contributed by atoms with van der Waals surface area (Å²) in [6.07, 6.45) is 1.77. The predicted octanol–water partition coefficient (Wildman–Crippen LogP) is 1.79. The lowest BCUT2D eigenvalue weighted by Crippen LogP contribution is -2.27. The summed E-state index contributed by atoms with van der Waals surface area (Å²) in [5.74, 6) is 0.783. The van der Waals surface area contributed by atoms with E-state index >= 15 is 0 Å². The average Bonchev–Trinajstić information content (AvgIpc) is 2.98. The van der Waals surface area contributed by atoms with Crippen molar-refractivity contribution in [3.63, 3.8) is 0 Å². The fourth-order valence-electron chi connectivity index (χ4n) is 1.71. The molecule has 0 fully saturated rings. The molecule has 0 spiro atoms. The van der Waals surface area contributed by atoms with Gasteiger partial charge in [0, 0.05) is 18.8 Å². The first-order valence-electron chi connectivity index (χ1n) is 6.18. The van der Waals surface area contributed by atoms with Crippen molar-refractivity contribution in [3.8, 4) is 0 Å². The first-order valence-corrected chi connectivity index (χ1v) is 7.06. The van der Waals surface area contributed by atoms with Gasteiger partial charge in [-0.1, -0.05) is 6.92 Å². The Kier molecular flexibility index (Phi) is 4.26. The van der Waals surface area contributed by atoms with E-state index in [0.717, 1.165) is 29.4 Å². The van der Waals surface area contributed by atoms with Gasteiger partial charge in [0.15, 0.2) is 0 Å². The van der Waals surface area contributed by atoms with Gasteiger partial charge in [-0.2, -0.15) is 0 Å². The number of aryl methyl sites for hydroxylation is 2. The Morgan fingerprint density at radius 2 is 2.26 bits per heavy atom. The third kappa shape index (κ3) is 3.37. The molecule has 102 valence electrons. The molecule has 0 aromatic carbocycles. The highest BCUT2D eigenvalue weighted by Gasteiger charge is 2.17. The zero-order valence-electron chi connectivity index (χ0n) is 11.3. The largest absolute Gasteiger partial charge is 0.333 e. The van der Waals surface area contributed by atoms with Crippen LogP contribution >= 0.6 is 11.3 Å². The summed E-state index contributed by atoms with van der Waals surface area (Å²) in [6, 6.07) is 0. The number of carbonyl (C=O) groups excluding carboxylic acids is 1. The van der Waals surface area contributed by atoms with Gasteiger partial charge in [-0.25, -0.2) is 9.97 Å². The Balaban J connectivity index is 2.01. The number of nitrogens with zero attached hydrogens (tertiary/aromatic N) is 4. The molecule has 2 aromatic heterocycles. The van der Waals surface area contributed by atoms with Gasteiger partial charge in [-0.3, -0.25) is 9.89 Å².